The molecule has 20 nitrogen and oxygen atoms in total. The SMILES string of the molecule is C=CS(=O)CCN(C)C(=N)/C(C#N)=C(\C)O.C=CS(=O)CCN(C)c1[nH]c(NCCCC)c(C#N)c(=O)c1N=Nc1ccc(N=Nc2ccc(S(=O)O)cc2)cc1S(=O)(=O)O.CC1CCC1. The highest BCUT2D eigenvalue weighted by molar-refractivity contribution is 7.88. The van der Waals surface area contributed by atoms with Crippen molar-refractivity contribution in [3.63, 3.8) is 0 Å². The summed E-state index contributed by atoms with van der Waals surface area (Å²) in [7, 11) is -4.13. The highest BCUT2D eigenvalue weighted by Gasteiger charge is 2.22. The van der Waals surface area contributed by atoms with E-state index >= 15 is 0 Å². The molecule has 2 aromatic carbocycles. The second kappa shape index (κ2) is 28.1. The van der Waals surface area contributed by atoms with Crippen LogP contribution in [0.2, 0.25) is 0 Å². The van der Waals surface area contributed by atoms with Crippen molar-refractivity contribution >= 4 is 83.0 Å². The molecule has 66 heavy (non-hydrogen) atoms. The maximum Gasteiger partial charge on any atom is 0.296 e. The Morgan fingerprint density at radius 1 is 1.00 bits per heavy atom. The van der Waals surface area contributed by atoms with Crippen LogP contribution in [0.3, 0.4) is 0 Å². The summed E-state index contributed by atoms with van der Waals surface area (Å²) < 4.78 is 77.7. The first-order chi connectivity index (χ1) is 31.2. The predicted octanol–water partition coefficient (Wildman–Crippen LogP) is 8.39. The first-order valence-corrected chi connectivity index (χ1v) is 25.4. The summed E-state index contributed by atoms with van der Waals surface area (Å²) in [5, 5.41) is 56.8. The van der Waals surface area contributed by atoms with Gasteiger partial charge in [-0.25, -0.2) is 4.21 Å². The average Bonchev–Trinajstić information content (AvgIpc) is 3.28. The van der Waals surface area contributed by atoms with E-state index < -0.39 is 53.1 Å². The lowest BCUT2D eigenvalue weighted by Crippen LogP contribution is -2.31. The van der Waals surface area contributed by atoms with Crippen LogP contribution in [0.25, 0.3) is 0 Å². The largest absolute Gasteiger partial charge is 0.511 e. The average molecular weight is 986 g/mol. The molecule has 1 aliphatic carbocycles. The maximum atomic E-state index is 13.4. The quantitative estimate of drug-likeness (QED) is 0.00905. The van der Waals surface area contributed by atoms with E-state index in [0.717, 1.165) is 24.8 Å². The van der Waals surface area contributed by atoms with Gasteiger partial charge in [0.2, 0.25) is 5.43 Å². The topological polar surface area (TPSA) is 318 Å². The molecule has 1 heterocycles. The Hall–Kier alpha value is -6.02. The summed E-state index contributed by atoms with van der Waals surface area (Å²) in [6.45, 7) is 13.5. The number of amidine groups is 1. The first kappa shape index (κ1) is 56.1. The molecule has 1 fully saturated rings. The molecule has 6 N–H and O–H groups in total. The van der Waals surface area contributed by atoms with E-state index in [2.05, 4.69) is 50.8 Å². The zero-order valence-electron chi connectivity index (χ0n) is 37.3. The van der Waals surface area contributed by atoms with Crippen LogP contribution in [0.1, 0.15) is 58.4 Å². The van der Waals surface area contributed by atoms with Crippen LogP contribution in [0.5, 0.6) is 0 Å². The number of likely N-dealkylation sites (N-methyl/N-ethyl adjacent to an activating group) is 1. The van der Waals surface area contributed by atoms with E-state index in [1.807, 2.05) is 13.0 Å². The molecule has 4 rings (SSSR count). The van der Waals surface area contributed by atoms with Crippen LogP contribution >= 0.6 is 0 Å². The molecule has 0 spiro atoms. The minimum Gasteiger partial charge on any atom is -0.511 e. The van der Waals surface area contributed by atoms with Gasteiger partial charge in [0.15, 0.2) is 16.8 Å². The zero-order chi connectivity index (χ0) is 49.6. The number of azo groups is 2. The Morgan fingerprint density at radius 2 is 1.58 bits per heavy atom. The first-order valence-electron chi connectivity index (χ1n) is 20.1. The van der Waals surface area contributed by atoms with Crippen LogP contribution < -0.4 is 15.6 Å². The maximum absolute atomic E-state index is 13.4. The minimum absolute atomic E-state index is 0.0131. The van der Waals surface area contributed by atoms with Crippen LogP contribution in [-0.2, 0) is 42.8 Å². The summed E-state index contributed by atoms with van der Waals surface area (Å²) in [5.41, 5.74) is -1.48. The van der Waals surface area contributed by atoms with Gasteiger partial charge >= 0.3 is 0 Å². The lowest BCUT2D eigenvalue weighted by molar-refractivity contribution is 0.346. The fourth-order valence-electron chi connectivity index (χ4n) is 5.23. The number of H-pyrrole nitrogens is 1. The second-order valence-electron chi connectivity index (χ2n) is 14.4. The van der Waals surface area contributed by atoms with Gasteiger partial charge in [-0.05, 0) is 72.5 Å². The van der Waals surface area contributed by atoms with Crippen LogP contribution in [0, 0.1) is 34.0 Å². The van der Waals surface area contributed by atoms with Crippen LogP contribution in [0.4, 0.5) is 34.4 Å². The van der Waals surface area contributed by atoms with Gasteiger partial charge in [0.1, 0.15) is 57.1 Å². The molecular formula is C42H55N11O9S4. The zero-order valence-corrected chi connectivity index (χ0v) is 40.5. The van der Waals surface area contributed by atoms with Gasteiger partial charge in [0.25, 0.3) is 10.1 Å². The Morgan fingerprint density at radius 3 is 2.06 bits per heavy atom. The second-order valence-corrected chi connectivity index (χ2v) is 19.7. The van der Waals surface area contributed by atoms with Crippen molar-refractivity contribution in [2.75, 3.05) is 55.5 Å². The number of aromatic nitrogens is 1. The van der Waals surface area contributed by atoms with Gasteiger partial charge < -0.3 is 29.8 Å². The van der Waals surface area contributed by atoms with Crippen molar-refractivity contribution in [3.8, 4) is 12.1 Å². The summed E-state index contributed by atoms with van der Waals surface area (Å²) in [4.78, 5) is 18.9. The molecule has 0 saturated heterocycles. The predicted molar refractivity (Wildman–Crippen MR) is 259 cm³/mol. The van der Waals surface area contributed by atoms with Gasteiger partial charge in [-0.15, -0.1) is 10.2 Å². The molecular weight excluding hydrogens is 931 g/mol. The number of nitrogens with zero attached hydrogens (tertiary/aromatic N) is 8. The molecule has 0 aliphatic heterocycles. The number of aromatic amines is 1. The lowest BCUT2D eigenvalue weighted by Gasteiger charge is -2.21. The summed E-state index contributed by atoms with van der Waals surface area (Å²) >= 11 is -2.17. The van der Waals surface area contributed by atoms with E-state index in [9.17, 15) is 35.7 Å². The van der Waals surface area contributed by atoms with Crippen LogP contribution in [0.15, 0.2) is 113 Å². The fourth-order valence-corrected chi connectivity index (χ4v) is 7.49. The van der Waals surface area contributed by atoms with Gasteiger partial charge in [-0.3, -0.25) is 23.2 Å². The van der Waals surface area contributed by atoms with Crippen molar-refractivity contribution in [1.82, 2.24) is 9.88 Å². The normalized spacial score (nSPS) is 14.1. The molecule has 356 valence electrons. The molecule has 1 aromatic heterocycles. The van der Waals surface area contributed by atoms with Gasteiger partial charge in [0.05, 0.1) is 16.3 Å². The number of benzene rings is 2. The lowest BCUT2D eigenvalue weighted by atomic mass is 9.88. The van der Waals surface area contributed by atoms with Crippen molar-refractivity contribution in [2.45, 2.75) is 62.7 Å². The third-order valence-corrected chi connectivity index (χ3v) is 12.9. The van der Waals surface area contributed by atoms with E-state index in [4.69, 9.17) is 20.3 Å². The number of hydrogen-bond acceptors (Lipinski definition) is 16. The number of nitrogens with one attached hydrogen (secondary N) is 3. The van der Waals surface area contributed by atoms with Gasteiger partial charge in [-0.2, -0.15) is 29.2 Å². The molecule has 3 unspecified atom stereocenters. The molecule has 1 aliphatic rings. The molecule has 24 heteroatoms. The Kier molecular flexibility index (Phi) is 23.9. The minimum atomic E-state index is -4.87. The number of nitriles is 2. The van der Waals surface area contributed by atoms with Crippen molar-refractivity contribution < 1.29 is 35.3 Å². The molecule has 3 aromatic rings. The van der Waals surface area contributed by atoms with Gasteiger partial charge in [-0.1, -0.05) is 52.7 Å². The summed E-state index contributed by atoms with van der Waals surface area (Å²) in [6, 6.07) is 12.7. The molecule has 0 amide bonds. The number of hydrogen-bond donors (Lipinski definition) is 6. The van der Waals surface area contributed by atoms with E-state index in [0.29, 0.717) is 24.5 Å². The molecule has 0 radical (unpaired) electrons. The number of aliphatic hydroxyl groups is 1. The highest BCUT2D eigenvalue weighted by atomic mass is 32.2. The molecule has 1 saturated carbocycles. The molecule has 0 bridgehead atoms. The van der Waals surface area contributed by atoms with Crippen molar-refractivity contribution in [2.24, 2.45) is 26.4 Å². The summed E-state index contributed by atoms with van der Waals surface area (Å²) in [6.07, 6.45) is 6.09. The van der Waals surface area contributed by atoms with E-state index in [1.165, 1.54) is 78.3 Å². The number of rotatable bonds is 20. The Balaban J connectivity index is 0.000000585. The number of anilines is 2. The Labute approximate surface area is 392 Å². The Bertz CT molecular complexity index is 2610. The smallest absolute Gasteiger partial charge is 0.296 e. The van der Waals surface area contributed by atoms with Crippen molar-refractivity contribution in [3.05, 3.63) is 93.6 Å². The van der Waals surface area contributed by atoms with E-state index in [1.54, 1.807) is 25.1 Å². The number of pyridine rings is 1. The monoisotopic (exact) mass is 985 g/mol. The number of allylic oxidation sites excluding steroid dienone is 1. The number of aliphatic hydroxyl groups excluding tert-OH is 1. The van der Waals surface area contributed by atoms with Gasteiger partial charge in [0, 0.05) is 66.8 Å². The highest BCUT2D eigenvalue weighted by Crippen LogP contribution is 2.33. The fraction of sp³-hybridized carbons (Fsp3) is 0.381. The number of unbranched alkanes of at least 4 members (excludes halogenated alkanes) is 1. The van der Waals surface area contributed by atoms with E-state index in [-0.39, 0.29) is 68.6 Å². The summed E-state index contributed by atoms with van der Waals surface area (Å²) in [5.74, 6) is 1.59. The van der Waals surface area contributed by atoms with Crippen molar-refractivity contribution in [1.29, 1.82) is 15.9 Å². The third kappa shape index (κ3) is 18.1. The molecule has 3 atom stereocenters. The standard InChI is InChI=1S/C27H30N8O7S3.C10H15N3O2S.C5H10/c1-4-6-13-29-26-21(17-28)25(36)24(27(30-26)35(3)14-15-43(37)5-2)34-33-22-12-9-19(16-23(22)45(40,41)42)32-31-18-7-10-20(11-8-18)44(38)39;1-4-16(15)6-5-13(3)10(12)9(7-11)8(2)14;1-5-3-2-4-5/h5,7-12,16H,2,4,6,13-15H2,1,3H3,(H,38,39)(H2,29,30,36)(H,40,41,42);4,12,14H,1,5-6H2,2-3H3;5H,2-4H2,1H3/b;9-8+,12-10?;. The third-order valence-electron chi connectivity index (χ3n) is 9.40. The van der Waals surface area contributed by atoms with Crippen LogP contribution in [-0.4, -0.2) is 96.2 Å².